The van der Waals surface area contributed by atoms with Crippen molar-refractivity contribution < 1.29 is 0 Å². The number of rotatable bonds is 3. The second-order valence-electron chi connectivity index (χ2n) is 2.54. The van der Waals surface area contributed by atoms with E-state index in [1.165, 1.54) is 5.56 Å². The van der Waals surface area contributed by atoms with Gasteiger partial charge in [-0.05, 0) is 18.4 Å². The van der Waals surface area contributed by atoms with Crippen molar-refractivity contribution in [3.05, 3.63) is 35.9 Å². The van der Waals surface area contributed by atoms with Crippen LogP contribution in [0.1, 0.15) is 18.4 Å². The fraction of sp³-hybridized carbons (Fsp3) is 0.273. The first-order chi connectivity index (χ1) is 5.43. The Labute approximate surface area is 68.3 Å². The summed E-state index contributed by atoms with van der Waals surface area (Å²) >= 11 is 0. The zero-order chi connectivity index (χ0) is 7.94. The number of aryl methyl sites for hydroxylation is 1. The van der Waals surface area contributed by atoms with Crippen molar-refractivity contribution in [2.45, 2.75) is 19.3 Å². The van der Waals surface area contributed by atoms with Gasteiger partial charge in [0.25, 0.3) is 0 Å². The Balaban J connectivity index is 2.35. The summed E-state index contributed by atoms with van der Waals surface area (Å²) in [5, 5.41) is 0. The van der Waals surface area contributed by atoms with Gasteiger partial charge in [0.15, 0.2) is 0 Å². The Bertz CT molecular complexity index is 228. The van der Waals surface area contributed by atoms with Crippen molar-refractivity contribution in [2.75, 3.05) is 0 Å². The minimum absolute atomic E-state index is 0.884. The summed E-state index contributed by atoms with van der Waals surface area (Å²) in [6.07, 6.45) is 8.23. The first kappa shape index (κ1) is 7.88. The number of unbranched alkanes of at least 4 members (excludes halogenated alkanes) is 1. The summed E-state index contributed by atoms with van der Waals surface area (Å²) in [6.45, 7) is 0. The van der Waals surface area contributed by atoms with Gasteiger partial charge >= 0.3 is 0 Å². The van der Waals surface area contributed by atoms with E-state index in [9.17, 15) is 0 Å². The van der Waals surface area contributed by atoms with Gasteiger partial charge in [-0.1, -0.05) is 30.3 Å². The molecular weight excluding hydrogens is 133 g/mol. The molecule has 1 aromatic rings. The molecule has 0 heterocycles. The second kappa shape index (κ2) is 4.57. The quantitative estimate of drug-likeness (QED) is 0.348. The summed E-state index contributed by atoms with van der Waals surface area (Å²) in [5.41, 5.74) is 1.38. The lowest BCUT2D eigenvalue weighted by Gasteiger charge is -1.96. The maximum absolute atomic E-state index is 5.14. The van der Waals surface area contributed by atoms with Crippen LogP contribution in [0.15, 0.2) is 30.3 Å². The Morgan fingerprint density at radius 2 is 1.91 bits per heavy atom. The molecular formula is C11H12. The first-order valence-electron chi connectivity index (χ1n) is 3.91. The van der Waals surface area contributed by atoms with Crippen LogP contribution >= 0.6 is 0 Å². The van der Waals surface area contributed by atoms with Crippen molar-refractivity contribution in [3.63, 3.8) is 0 Å². The second-order valence-corrected chi connectivity index (χ2v) is 2.54. The molecule has 56 valence electrons. The number of terminal acetylenes is 1. The van der Waals surface area contributed by atoms with Crippen LogP contribution in [0.25, 0.3) is 0 Å². The predicted molar refractivity (Wildman–Crippen MR) is 48.2 cm³/mol. The standard InChI is InChI=1S/C11H12/c1-2-3-5-8-11-9-6-4-7-10-11/h1,4,6-7,9-10H,3,5,8H2/i1+1. The fourth-order valence-corrected chi connectivity index (χ4v) is 1.04. The Morgan fingerprint density at radius 1 is 1.18 bits per heavy atom. The third kappa shape index (κ3) is 2.91. The molecule has 0 bridgehead atoms. The zero-order valence-corrected chi connectivity index (χ0v) is 6.59. The molecule has 0 unspecified atom stereocenters. The molecule has 0 atom stereocenters. The fourth-order valence-electron chi connectivity index (χ4n) is 1.04. The van der Waals surface area contributed by atoms with E-state index < -0.39 is 0 Å². The molecule has 0 amide bonds. The van der Waals surface area contributed by atoms with Gasteiger partial charge < -0.3 is 0 Å². The molecule has 0 heteroatoms. The number of hydrogen-bond acceptors (Lipinski definition) is 0. The smallest absolute Gasteiger partial charge is 0.00892 e. The van der Waals surface area contributed by atoms with Gasteiger partial charge in [-0.3, -0.25) is 0 Å². The van der Waals surface area contributed by atoms with Crippen LogP contribution < -0.4 is 0 Å². The highest BCUT2D eigenvalue weighted by molar-refractivity contribution is 5.14. The van der Waals surface area contributed by atoms with E-state index in [1.807, 2.05) is 6.07 Å². The molecule has 0 nitrogen and oxygen atoms in total. The lowest BCUT2D eigenvalue weighted by molar-refractivity contribution is 0.858. The maximum Gasteiger partial charge on any atom is 0.00892 e. The van der Waals surface area contributed by atoms with Gasteiger partial charge in [0.2, 0.25) is 0 Å². The van der Waals surface area contributed by atoms with Crippen LogP contribution in [0.3, 0.4) is 0 Å². The van der Waals surface area contributed by atoms with E-state index in [-0.39, 0.29) is 0 Å². The molecule has 0 fully saturated rings. The molecule has 0 saturated carbocycles. The van der Waals surface area contributed by atoms with Crippen LogP contribution in [0, 0.1) is 12.3 Å². The minimum Gasteiger partial charge on any atom is -0.120 e. The Morgan fingerprint density at radius 3 is 2.55 bits per heavy atom. The molecule has 0 radical (unpaired) electrons. The summed E-state index contributed by atoms with van der Waals surface area (Å²) in [5.74, 6) is 2.64. The Hall–Kier alpha value is -1.22. The Kier molecular flexibility index (Phi) is 3.28. The molecule has 0 aliphatic rings. The highest BCUT2D eigenvalue weighted by atomic mass is 13.9. The molecule has 0 aliphatic heterocycles. The predicted octanol–water partition coefficient (Wildman–Crippen LogP) is 2.64. The van der Waals surface area contributed by atoms with Crippen LogP contribution in [0.2, 0.25) is 0 Å². The summed E-state index contributed by atoms with van der Waals surface area (Å²) in [7, 11) is 0. The molecule has 0 N–H and O–H groups in total. The zero-order valence-electron chi connectivity index (χ0n) is 6.59. The summed E-state index contributed by atoms with van der Waals surface area (Å²) < 4.78 is 0. The highest BCUT2D eigenvalue weighted by Crippen LogP contribution is 2.03. The van der Waals surface area contributed by atoms with Crippen LogP contribution in [0.5, 0.6) is 0 Å². The summed E-state index contributed by atoms with van der Waals surface area (Å²) in [6, 6.07) is 10.4. The molecule has 1 rings (SSSR count). The lowest BCUT2D eigenvalue weighted by Crippen LogP contribution is -1.82. The normalized spacial score (nSPS) is 9.00. The number of benzene rings is 1. The minimum atomic E-state index is 0.884. The third-order valence-corrected chi connectivity index (χ3v) is 1.63. The van der Waals surface area contributed by atoms with E-state index in [1.54, 1.807) is 0 Å². The monoisotopic (exact) mass is 145 g/mol. The largest absolute Gasteiger partial charge is 0.120 e. The highest BCUT2D eigenvalue weighted by Gasteiger charge is 1.88. The van der Waals surface area contributed by atoms with Crippen molar-refractivity contribution >= 4 is 0 Å². The van der Waals surface area contributed by atoms with Crippen molar-refractivity contribution in [2.24, 2.45) is 0 Å². The van der Waals surface area contributed by atoms with Gasteiger partial charge in [0, 0.05) is 6.42 Å². The van der Waals surface area contributed by atoms with Crippen LogP contribution in [0.4, 0.5) is 0 Å². The average Bonchev–Trinajstić information content (AvgIpc) is 2.07. The van der Waals surface area contributed by atoms with E-state index in [0.29, 0.717) is 0 Å². The molecule has 11 heavy (non-hydrogen) atoms. The van der Waals surface area contributed by atoms with Crippen molar-refractivity contribution in [3.8, 4) is 12.3 Å². The maximum atomic E-state index is 5.14. The van der Waals surface area contributed by atoms with Crippen LogP contribution in [-0.4, -0.2) is 0 Å². The van der Waals surface area contributed by atoms with Crippen LogP contribution in [-0.2, 0) is 6.42 Å². The topological polar surface area (TPSA) is 0 Å². The van der Waals surface area contributed by atoms with E-state index in [2.05, 4.69) is 30.2 Å². The van der Waals surface area contributed by atoms with Crippen molar-refractivity contribution in [1.82, 2.24) is 0 Å². The molecule has 0 spiro atoms. The van der Waals surface area contributed by atoms with Gasteiger partial charge in [0.1, 0.15) is 0 Å². The molecule has 1 aromatic carbocycles. The first-order valence-corrected chi connectivity index (χ1v) is 3.91. The molecule has 0 saturated heterocycles. The van der Waals surface area contributed by atoms with Gasteiger partial charge in [-0.15, -0.1) is 12.3 Å². The molecule has 0 aromatic heterocycles. The molecule has 0 aliphatic carbocycles. The van der Waals surface area contributed by atoms with Gasteiger partial charge in [0.05, 0.1) is 0 Å². The van der Waals surface area contributed by atoms with Gasteiger partial charge in [-0.25, -0.2) is 0 Å². The SMILES string of the molecule is [13CH]#CCCCc1ccccc1. The number of hydrogen-bond donors (Lipinski definition) is 0. The van der Waals surface area contributed by atoms with Crippen molar-refractivity contribution in [1.29, 1.82) is 0 Å². The summed E-state index contributed by atoms with van der Waals surface area (Å²) in [4.78, 5) is 0. The van der Waals surface area contributed by atoms with E-state index >= 15 is 0 Å². The average molecular weight is 145 g/mol. The third-order valence-electron chi connectivity index (χ3n) is 1.63. The lowest BCUT2D eigenvalue weighted by atomic mass is 10.1. The van der Waals surface area contributed by atoms with Gasteiger partial charge in [-0.2, -0.15) is 0 Å². The van der Waals surface area contributed by atoms with E-state index in [0.717, 1.165) is 19.3 Å². The van der Waals surface area contributed by atoms with E-state index in [4.69, 9.17) is 6.42 Å².